The molecular formula is C32H55NOSi3Ti. The molecule has 4 atom stereocenters. The molecule has 1 N–H and O–H groups in total. The van der Waals surface area contributed by atoms with E-state index in [-0.39, 0.29) is 47.5 Å². The van der Waals surface area contributed by atoms with Crippen LogP contribution in [0.15, 0.2) is 78.2 Å². The van der Waals surface area contributed by atoms with Gasteiger partial charge in [0.25, 0.3) is 0 Å². The van der Waals surface area contributed by atoms with Crippen molar-refractivity contribution in [1.29, 1.82) is 0 Å². The molecule has 0 spiro atoms. The number of hydrogen-bond donors (Lipinski definition) is 0. The summed E-state index contributed by atoms with van der Waals surface area (Å²) in [6.07, 6.45) is 17.8. The van der Waals surface area contributed by atoms with Crippen molar-refractivity contribution in [3.63, 3.8) is 0 Å². The molecule has 1 aromatic carbocycles. The Bertz CT molecular complexity index is 889. The van der Waals surface area contributed by atoms with Crippen molar-refractivity contribution in [2.75, 3.05) is 0 Å². The van der Waals surface area contributed by atoms with E-state index in [9.17, 15) is 4.79 Å². The van der Waals surface area contributed by atoms with Gasteiger partial charge in [-0.1, -0.05) is 143 Å². The Hall–Kier alpha value is -0.985. The molecule has 0 aromatic heterocycles. The predicted molar refractivity (Wildman–Crippen MR) is 179 cm³/mol. The van der Waals surface area contributed by atoms with Crippen LogP contribution in [0.3, 0.4) is 0 Å². The molecule has 0 saturated heterocycles. The Morgan fingerprint density at radius 3 is 1.79 bits per heavy atom. The van der Waals surface area contributed by atoms with Crippen molar-refractivity contribution < 1.29 is 26.5 Å². The number of fused-ring (bicyclic) bond motifs is 3. The minimum atomic E-state index is -1.19. The zero-order chi connectivity index (χ0) is 25.5. The van der Waals surface area contributed by atoms with Crippen molar-refractivity contribution in [3.05, 3.63) is 111 Å². The summed E-state index contributed by atoms with van der Waals surface area (Å²) in [7, 11) is -2.39. The third-order valence-corrected chi connectivity index (χ3v) is 11.7. The van der Waals surface area contributed by atoms with E-state index in [1.807, 2.05) is 6.07 Å². The predicted octanol–water partition coefficient (Wildman–Crippen LogP) is 8.55. The summed E-state index contributed by atoms with van der Waals surface area (Å²) in [4.78, 5) is 10.3. The first-order chi connectivity index (χ1) is 15.8. The van der Waals surface area contributed by atoms with Gasteiger partial charge in [-0.05, 0) is 22.4 Å². The van der Waals surface area contributed by atoms with Crippen molar-refractivity contribution in [3.8, 4) is 0 Å². The molecule has 0 aliphatic heterocycles. The number of benzene rings is 1. The number of hydrogen-bond acceptors (Lipinski definition) is 1. The van der Waals surface area contributed by atoms with E-state index < -0.39 is 22.1 Å². The average molecular weight is 602 g/mol. The van der Waals surface area contributed by atoms with Gasteiger partial charge in [0.1, 0.15) is 0 Å². The maximum Gasteiger partial charge on any atom is 4.00 e. The average Bonchev–Trinajstić information content (AvgIpc) is 3.17. The largest absolute Gasteiger partial charge is 4.00 e. The zero-order valence-electron chi connectivity index (χ0n) is 24.7. The first kappa shape index (κ1) is 41.5. The van der Waals surface area contributed by atoms with Crippen molar-refractivity contribution in [2.24, 2.45) is 23.7 Å². The molecule has 4 unspecified atom stereocenters. The van der Waals surface area contributed by atoms with Crippen LogP contribution in [0.2, 0.25) is 39.3 Å². The SMILES string of the molecule is C1=CC2[CH-]C3CCCCC3C2C=C1.C=C(C(=C)[Si](C)(C)C)[Si](C)(C)C.[CH3-].[CH3-].[NH-]C(=O)c1ccccc1.[SiH4].[Ti+4]. The molecule has 0 bridgehead atoms. The normalized spacial score (nSPS) is 22.4. The van der Waals surface area contributed by atoms with Gasteiger partial charge in [-0.2, -0.15) is 5.92 Å². The molecule has 2 nitrogen and oxygen atoms in total. The van der Waals surface area contributed by atoms with Gasteiger partial charge in [0.15, 0.2) is 0 Å². The molecule has 4 rings (SSSR count). The Morgan fingerprint density at radius 2 is 1.34 bits per heavy atom. The number of nitrogens with one attached hydrogen (secondary N) is 1. The summed E-state index contributed by atoms with van der Waals surface area (Å²) in [5.41, 5.74) is 7.12. The van der Waals surface area contributed by atoms with Gasteiger partial charge < -0.3 is 31.8 Å². The minimum Gasteiger partial charge on any atom is -0.664 e. The summed E-state index contributed by atoms with van der Waals surface area (Å²) in [6.45, 7) is 22.4. The van der Waals surface area contributed by atoms with Gasteiger partial charge in [0.05, 0.1) is 22.1 Å². The number of amides is 1. The summed E-state index contributed by atoms with van der Waals surface area (Å²) in [5.74, 6) is 2.93. The first-order valence-corrected chi connectivity index (χ1v) is 19.7. The molecule has 2 fully saturated rings. The Kier molecular flexibility index (Phi) is 20.1. The Balaban J connectivity index is -0.000000467. The van der Waals surface area contributed by atoms with Crippen LogP contribution in [0, 0.1) is 44.9 Å². The maximum absolute atomic E-state index is 10.3. The number of allylic oxidation sites excluding steroid dienone is 6. The third-order valence-electron chi connectivity index (χ3n) is 7.27. The Morgan fingerprint density at radius 1 is 0.868 bits per heavy atom. The molecule has 3 aliphatic carbocycles. The van der Waals surface area contributed by atoms with Gasteiger partial charge in [-0.15, -0.1) is 12.0 Å². The van der Waals surface area contributed by atoms with Crippen molar-refractivity contribution in [1.82, 2.24) is 0 Å². The van der Waals surface area contributed by atoms with E-state index in [1.54, 1.807) is 24.3 Å². The van der Waals surface area contributed by atoms with E-state index in [4.69, 9.17) is 5.73 Å². The standard InChI is InChI=1S/C13H17.C10H22Si2.C7H7NO.2CH3.H4Si.Ti/c1-3-7-12-10(5-1)9-11-6-2-4-8-13(11)12;1-9(11(3,4)5)10(2)12(6,7)8;8-7(9)6-4-2-1-3-5-6;;;;/h1,3,5,7,9-13H,2,4,6,8H2;1-2H2,3-8H3;1-5H,(H2,8,9);2*1H3;1H4;/q-1;;;2*-1;;+4/p-1. The van der Waals surface area contributed by atoms with Crippen LogP contribution in [-0.2, 0) is 21.7 Å². The quantitative estimate of drug-likeness (QED) is 0.194. The summed E-state index contributed by atoms with van der Waals surface area (Å²) in [6, 6.07) is 8.53. The molecule has 210 valence electrons. The van der Waals surface area contributed by atoms with Gasteiger partial charge in [-0.3, -0.25) is 0 Å². The molecule has 0 radical (unpaired) electrons. The molecule has 1 amide bonds. The van der Waals surface area contributed by atoms with Gasteiger partial charge in [0, 0.05) is 0 Å². The van der Waals surface area contributed by atoms with Gasteiger partial charge in [-0.25, -0.2) is 0 Å². The van der Waals surface area contributed by atoms with Gasteiger partial charge in [0.2, 0.25) is 0 Å². The van der Waals surface area contributed by atoms with Crippen LogP contribution in [-0.4, -0.2) is 33.0 Å². The fourth-order valence-corrected chi connectivity index (χ4v) is 9.01. The second-order valence-corrected chi connectivity index (χ2v) is 22.1. The molecule has 3 aliphatic rings. The van der Waals surface area contributed by atoms with Crippen molar-refractivity contribution in [2.45, 2.75) is 65.0 Å². The zero-order valence-corrected chi connectivity index (χ0v) is 28.3. The number of carbonyl (C=O) groups is 1. The van der Waals surface area contributed by atoms with E-state index in [0.29, 0.717) is 5.56 Å². The number of carbonyl (C=O) groups excluding carboxylic acids is 1. The summed E-state index contributed by atoms with van der Waals surface area (Å²) >= 11 is 0. The van der Waals surface area contributed by atoms with Crippen LogP contribution in [0.4, 0.5) is 0 Å². The summed E-state index contributed by atoms with van der Waals surface area (Å²) < 4.78 is 0. The second-order valence-electron chi connectivity index (χ2n) is 11.9. The molecule has 6 heteroatoms. The minimum absolute atomic E-state index is 0. The van der Waals surface area contributed by atoms with E-state index in [2.05, 4.69) is 83.2 Å². The first-order valence-electron chi connectivity index (χ1n) is 12.7. The third kappa shape index (κ3) is 12.5. The van der Waals surface area contributed by atoms with E-state index in [1.165, 1.54) is 36.1 Å². The molecule has 0 heterocycles. The smallest absolute Gasteiger partial charge is 0.664 e. The molecule has 2 saturated carbocycles. The maximum atomic E-state index is 10.3. The molecule has 1 aromatic rings. The van der Waals surface area contributed by atoms with Gasteiger partial charge >= 0.3 is 21.7 Å². The molecular weight excluding hydrogens is 546 g/mol. The van der Waals surface area contributed by atoms with Crippen LogP contribution < -0.4 is 0 Å². The fraction of sp³-hybridized carbons (Fsp3) is 0.438. The van der Waals surface area contributed by atoms with Crippen LogP contribution in [0.5, 0.6) is 0 Å². The van der Waals surface area contributed by atoms with Crippen LogP contribution in [0.25, 0.3) is 5.73 Å². The summed E-state index contributed by atoms with van der Waals surface area (Å²) in [5, 5.41) is 2.73. The molecule has 38 heavy (non-hydrogen) atoms. The van der Waals surface area contributed by atoms with E-state index in [0.717, 1.165) is 23.7 Å². The number of rotatable bonds is 4. The monoisotopic (exact) mass is 601 g/mol. The van der Waals surface area contributed by atoms with E-state index >= 15 is 0 Å². The topological polar surface area (TPSA) is 40.9 Å². The Labute approximate surface area is 257 Å². The van der Waals surface area contributed by atoms with Crippen LogP contribution >= 0.6 is 0 Å². The fourth-order valence-electron chi connectivity index (χ4n) is 4.95. The van der Waals surface area contributed by atoms with Crippen molar-refractivity contribution >= 4 is 33.0 Å². The van der Waals surface area contributed by atoms with Crippen LogP contribution in [0.1, 0.15) is 36.0 Å². The second kappa shape index (κ2) is 18.4.